The van der Waals surface area contributed by atoms with Crippen LogP contribution in [0.3, 0.4) is 0 Å². The van der Waals surface area contributed by atoms with Crippen LogP contribution in [0.1, 0.15) is 5.56 Å². The summed E-state index contributed by atoms with van der Waals surface area (Å²) in [7, 11) is -2.93. The zero-order valence-corrected chi connectivity index (χ0v) is 13.9. The van der Waals surface area contributed by atoms with Crippen molar-refractivity contribution in [2.24, 2.45) is 0 Å². The minimum absolute atomic E-state index is 0.0798. The molecule has 0 saturated carbocycles. The van der Waals surface area contributed by atoms with E-state index in [0.717, 1.165) is 5.56 Å². The Hall–Kier alpha value is -1.89. The van der Waals surface area contributed by atoms with Crippen molar-refractivity contribution < 1.29 is 22.1 Å². The van der Waals surface area contributed by atoms with E-state index in [1.54, 1.807) is 24.3 Å². The van der Waals surface area contributed by atoms with Gasteiger partial charge in [-0.05, 0) is 29.8 Å². The lowest BCUT2D eigenvalue weighted by Gasteiger charge is -2.15. The van der Waals surface area contributed by atoms with Gasteiger partial charge in [-0.25, -0.2) is 4.79 Å². The normalized spacial score (nSPS) is 12.6. The molecule has 0 bridgehead atoms. The highest BCUT2D eigenvalue weighted by molar-refractivity contribution is 7.86. The van der Waals surface area contributed by atoms with Crippen molar-refractivity contribution in [3.63, 3.8) is 0 Å². The number of rotatable bonds is 6. The lowest BCUT2D eigenvalue weighted by Crippen LogP contribution is -2.30. The van der Waals surface area contributed by atoms with Gasteiger partial charge in [0.25, 0.3) is 10.1 Å². The predicted molar refractivity (Wildman–Crippen MR) is 85.7 cm³/mol. The number of ether oxygens (including phenoxy) is 1. The van der Waals surface area contributed by atoms with Crippen LogP contribution in [-0.2, 0) is 30.3 Å². The van der Waals surface area contributed by atoms with Gasteiger partial charge in [0.2, 0.25) is 0 Å². The Morgan fingerprint density at radius 3 is 2.26 bits per heavy atom. The predicted octanol–water partition coefficient (Wildman–Crippen LogP) is 2.83. The van der Waals surface area contributed by atoms with Gasteiger partial charge in [-0.1, -0.05) is 41.9 Å². The van der Waals surface area contributed by atoms with Gasteiger partial charge in [-0.15, -0.1) is 0 Å². The number of halogens is 1. The first-order chi connectivity index (χ1) is 10.9. The van der Waals surface area contributed by atoms with Crippen LogP contribution in [0.4, 0.5) is 0 Å². The molecule has 0 N–H and O–H groups in total. The third-order valence-electron chi connectivity index (χ3n) is 3.07. The molecule has 2 aromatic carbocycles. The fraction of sp³-hybridized carbons (Fsp3) is 0.188. The minimum Gasteiger partial charge on any atom is -0.467 e. The van der Waals surface area contributed by atoms with Crippen LogP contribution < -0.4 is 0 Å². The molecule has 23 heavy (non-hydrogen) atoms. The summed E-state index contributed by atoms with van der Waals surface area (Å²) >= 11 is 5.74. The molecule has 2 rings (SSSR count). The minimum atomic E-state index is -4.11. The Morgan fingerprint density at radius 1 is 1.09 bits per heavy atom. The maximum atomic E-state index is 12.3. The van der Waals surface area contributed by atoms with E-state index in [9.17, 15) is 13.2 Å². The standard InChI is InChI=1S/C16H15ClO5S/c1-21-16(18)15(11-12-5-3-2-4-6-12)22-23(19,20)14-9-7-13(17)8-10-14/h2-10,15H,11H2,1H3/t15-/m0/s1. The molecule has 5 nitrogen and oxygen atoms in total. The second-order valence-electron chi connectivity index (χ2n) is 4.71. The number of carbonyl (C=O) groups excluding carboxylic acids is 1. The average molecular weight is 355 g/mol. The van der Waals surface area contributed by atoms with Gasteiger partial charge >= 0.3 is 5.97 Å². The monoisotopic (exact) mass is 354 g/mol. The zero-order chi connectivity index (χ0) is 16.9. The van der Waals surface area contributed by atoms with Crippen LogP contribution >= 0.6 is 11.6 Å². The summed E-state index contributed by atoms with van der Waals surface area (Å²) in [6.07, 6.45) is -1.18. The summed E-state index contributed by atoms with van der Waals surface area (Å²) in [4.78, 5) is 11.8. The Labute approximate surface area is 139 Å². The van der Waals surface area contributed by atoms with E-state index in [1.807, 2.05) is 6.07 Å². The summed E-state index contributed by atoms with van der Waals surface area (Å²) in [5, 5.41) is 0.401. The van der Waals surface area contributed by atoms with Crippen molar-refractivity contribution in [2.75, 3.05) is 7.11 Å². The number of hydrogen-bond acceptors (Lipinski definition) is 5. The van der Waals surface area contributed by atoms with E-state index in [1.165, 1.54) is 31.4 Å². The fourth-order valence-corrected chi connectivity index (χ4v) is 3.08. The molecular weight excluding hydrogens is 340 g/mol. The molecule has 1 atom stereocenters. The van der Waals surface area contributed by atoms with Gasteiger partial charge in [0, 0.05) is 11.4 Å². The van der Waals surface area contributed by atoms with Crippen molar-refractivity contribution in [3.8, 4) is 0 Å². The maximum Gasteiger partial charge on any atom is 0.336 e. The molecule has 0 aliphatic heterocycles. The van der Waals surface area contributed by atoms with E-state index in [0.29, 0.717) is 5.02 Å². The van der Waals surface area contributed by atoms with Gasteiger partial charge in [-0.2, -0.15) is 8.42 Å². The first kappa shape index (κ1) is 17.5. The third-order valence-corrected chi connectivity index (χ3v) is 4.66. The highest BCUT2D eigenvalue weighted by Crippen LogP contribution is 2.19. The number of hydrogen-bond donors (Lipinski definition) is 0. The van der Waals surface area contributed by atoms with E-state index >= 15 is 0 Å². The number of methoxy groups -OCH3 is 1. The molecule has 0 aromatic heterocycles. The van der Waals surface area contributed by atoms with Gasteiger partial charge in [0.05, 0.1) is 12.0 Å². The van der Waals surface area contributed by atoms with Crippen LogP contribution in [0.25, 0.3) is 0 Å². The second-order valence-corrected chi connectivity index (χ2v) is 6.71. The van der Waals surface area contributed by atoms with Crippen molar-refractivity contribution in [1.82, 2.24) is 0 Å². The van der Waals surface area contributed by atoms with Crippen molar-refractivity contribution >= 4 is 27.7 Å². The Bertz CT molecular complexity index is 757. The topological polar surface area (TPSA) is 69.7 Å². The van der Waals surface area contributed by atoms with Gasteiger partial charge in [0.1, 0.15) is 0 Å². The molecular formula is C16H15ClO5S. The van der Waals surface area contributed by atoms with E-state index in [2.05, 4.69) is 4.74 Å². The van der Waals surface area contributed by atoms with E-state index in [4.69, 9.17) is 15.8 Å². The number of benzene rings is 2. The van der Waals surface area contributed by atoms with Crippen LogP contribution in [0.5, 0.6) is 0 Å². The molecule has 0 saturated heterocycles. The van der Waals surface area contributed by atoms with Crippen molar-refractivity contribution in [2.45, 2.75) is 17.4 Å². The molecule has 122 valence electrons. The molecule has 7 heteroatoms. The summed E-state index contributed by atoms with van der Waals surface area (Å²) in [5.41, 5.74) is 0.759. The zero-order valence-electron chi connectivity index (χ0n) is 12.3. The highest BCUT2D eigenvalue weighted by atomic mass is 35.5. The first-order valence-electron chi connectivity index (χ1n) is 6.73. The average Bonchev–Trinajstić information content (AvgIpc) is 2.54. The molecule has 0 heterocycles. The first-order valence-corrected chi connectivity index (χ1v) is 8.51. The molecule has 0 fully saturated rings. The molecule has 0 aliphatic rings. The van der Waals surface area contributed by atoms with Gasteiger partial charge < -0.3 is 4.74 Å². The molecule has 0 unspecified atom stereocenters. The highest BCUT2D eigenvalue weighted by Gasteiger charge is 2.28. The van der Waals surface area contributed by atoms with Crippen LogP contribution in [0.2, 0.25) is 5.02 Å². The van der Waals surface area contributed by atoms with E-state index < -0.39 is 22.2 Å². The quantitative estimate of drug-likeness (QED) is 0.589. The Balaban J connectivity index is 2.23. The van der Waals surface area contributed by atoms with Gasteiger partial charge in [0.15, 0.2) is 6.10 Å². The molecule has 0 spiro atoms. The fourth-order valence-electron chi connectivity index (χ4n) is 1.93. The summed E-state index contributed by atoms with van der Waals surface area (Å²) < 4.78 is 34.3. The van der Waals surface area contributed by atoms with Crippen molar-refractivity contribution in [3.05, 3.63) is 65.2 Å². The van der Waals surface area contributed by atoms with Crippen LogP contribution in [0, 0.1) is 0 Å². The van der Waals surface area contributed by atoms with Crippen molar-refractivity contribution in [1.29, 1.82) is 0 Å². The smallest absolute Gasteiger partial charge is 0.336 e. The molecule has 0 aliphatic carbocycles. The molecule has 0 amide bonds. The summed E-state index contributed by atoms with van der Waals surface area (Å²) in [5.74, 6) is -0.758. The SMILES string of the molecule is COC(=O)[C@H](Cc1ccccc1)OS(=O)(=O)c1ccc(Cl)cc1. The number of esters is 1. The lowest BCUT2D eigenvalue weighted by molar-refractivity contribution is -0.148. The second kappa shape index (κ2) is 7.59. The third kappa shape index (κ3) is 4.79. The van der Waals surface area contributed by atoms with E-state index in [-0.39, 0.29) is 11.3 Å². The van der Waals surface area contributed by atoms with Crippen LogP contribution in [-0.4, -0.2) is 27.6 Å². The molecule has 0 radical (unpaired) electrons. The maximum absolute atomic E-state index is 12.3. The number of carbonyl (C=O) groups is 1. The molecule has 2 aromatic rings. The lowest BCUT2D eigenvalue weighted by atomic mass is 10.1. The van der Waals surface area contributed by atoms with Crippen LogP contribution in [0.15, 0.2) is 59.5 Å². The van der Waals surface area contributed by atoms with Gasteiger partial charge in [-0.3, -0.25) is 4.18 Å². The summed E-state index contributed by atoms with van der Waals surface area (Å²) in [6, 6.07) is 14.4. The largest absolute Gasteiger partial charge is 0.467 e. The Morgan fingerprint density at radius 2 is 1.70 bits per heavy atom. The Kier molecular flexibility index (Phi) is 5.76. The summed E-state index contributed by atoms with van der Waals surface area (Å²) in [6.45, 7) is 0.